The van der Waals surface area contributed by atoms with Crippen molar-refractivity contribution in [2.45, 2.75) is 19.2 Å². The Labute approximate surface area is 231 Å². The highest BCUT2D eigenvalue weighted by atomic mass is 35.5. The van der Waals surface area contributed by atoms with Gasteiger partial charge in [-0.2, -0.15) is 5.10 Å². The lowest BCUT2D eigenvalue weighted by molar-refractivity contribution is 0.0730. The molecule has 1 atom stereocenters. The quantitative estimate of drug-likeness (QED) is 0.246. The summed E-state index contributed by atoms with van der Waals surface area (Å²) in [6, 6.07) is 26.6. The molecule has 1 aliphatic rings. The minimum atomic E-state index is -0.346. The van der Waals surface area contributed by atoms with Gasteiger partial charge in [0, 0.05) is 40.7 Å². The number of aromatic amines is 1. The van der Waals surface area contributed by atoms with Gasteiger partial charge in [0.1, 0.15) is 23.8 Å². The van der Waals surface area contributed by atoms with Crippen molar-refractivity contribution in [1.29, 1.82) is 0 Å². The molecule has 5 aromatic rings. The lowest BCUT2D eigenvalue weighted by Gasteiger charge is -2.26. The predicted molar refractivity (Wildman–Crippen MR) is 149 cm³/mol. The number of halogens is 1. The molecular weight excluding hydrogens is 512 g/mol. The van der Waals surface area contributed by atoms with Crippen LogP contribution in [0.5, 0.6) is 11.5 Å². The van der Waals surface area contributed by atoms with Crippen LogP contribution in [0.15, 0.2) is 97.3 Å². The van der Waals surface area contributed by atoms with Crippen LogP contribution in [0.1, 0.15) is 38.8 Å². The van der Waals surface area contributed by atoms with Crippen LogP contribution in [0, 0.1) is 0 Å². The maximum absolute atomic E-state index is 13.7. The number of hydrogen-bond donors (Lipinski definition) is 1. The Hall–Kier alpha value is -4.62. The molecule has 7 nitrogen and oxygen atoms in total. The SMILES string of the molecule is COc1ccc(-c2n[nH]c3c2C(c2ccc(OCc4ccccc4Cl)cc2)N(Cc2cccnc2)C3=O)cc1. The van der Waals surface area contributed by atoms with Gasteiger partial charge < -0.3 is 14.4 Å². The lowest BCUT2D eigenvalue weighted by Crippen LogP contribution is -2.29. The molecule has 6 rings (SSSR count). The standard InChI is InChI=1S/C31H25ClN4O3/c1-38-24-12-8-21(9-13-24)28-27-29(35-34-28)31(37)36(18-20-5-4-16-33-17-20)30(27)22-10-14-25(15-11-22)39-19-23-6-2-3-7-26(23)32/h2-17,30H,18-19H2,1H3,(H,34,35). The third kappa shape index (κ3) is 4.84. The van der Waals surface area contributed by atoms with E-state index in [2.05, 4.69) is 15.2 Å². The molecule has 39 heavy (non-hydrogen) atoms. The number of nitrogens with zero attached hydrogens (tertiary/aromatic N) is 3. The van der Waals surface area contributed by atoms with E-state index >= 15 is 0 Å². The number of fused-ring (bicyclic) bond motifs is 1. The fourth-order valence-corrected chi connectivity index (χ4v) is 5.08. The third-order valence-corrected chi connectivity index (χ3v) is 7.22. The summed E-state index contributed by atoms with van der Waals surface area (Å²) in [4.78, 5) is 19.8. The van der Waals surface area contributed by atoms with Crippen molar-refractivity contribution in [3.63, 3.8) is 0 Å². The Morgan fingerprint density at radius 3 is 2.44 bits per heavy atom. The van der Waals surface area contributed by atoms with Gasteiger partial charge in [-0.3, -0.25) is 14.9 Å². The maximum atomic E-state index is 13.7. The Morgan fingerprint density at radius 2 is 1.72 bits per heavy atom. The maximum Gasteiger partial charge on any atom is 0.273 e. The summed E-state index contributed by atoms with van der Waals surface area (Å²) in [6.45, 7) is 0.772. The first-order valence-electron chi connectivity index (χ1n) is 12.5. The molecule has 1 unspecified atom stereocenters. The van der Waals surface area contributed by atoms with E-state index in [1.807, 2.05) is 89.8 Å². The van der Waals surface area contributed by atoms with Gasteiger partial charge >= 0.3 is 0 Å². The van der Waals surface area contributed by atoms with Gasteiger partial charge in [0.25, 0.3) is 5.91 Å². The average Bonchev–Trinajstić information content (AvgIpc) is 3.52. The van der Waals surface area contributed by atoms with Gasteiger partial charge in [-0.25, -0.2) is 0 Å². The molecule has 1 N–H and O–H groups in total. The number of carbonyl (C=O) groups excluding carboxylic acids is 1. The number of amides is 1. The number of nitrogens with one attached hydrogen (secondary N) is 1. The number of carbonyl (C=O) groups is 1. The first kappa shape index (κ1) is 24.7. The van der Waals surface area contributed by atoms with E-state index in [0.717, 1.165) is 39.3 Å². The second-order valence-electron chi connectivity index (χ2n) is 9.24. The molecule has 1 amide bonds. The summed E-state index contributed by atoms with van der Waals surface area (Å²) in [7, 11) is 1.63. The van der Waals surface area contributed by atoms with Gasteiger partial charge in [0.15, 0.2) is 0 Å². The van der Waals surface area contributed by atoms with Crippen molar-refractivity contribution in [3.8, 4) is 22.8 Å². The van der Waals surface area contributed by atoms with E-state index in [0.29, 0.717) is 29.6 Å². The summed E-state index contributed by atoms with van der Waals surface area (Å²) >= 11 is 6.28. The Balaban J connectivity index is 1.35. The van der Waals surface area contributed by atoms with E-state index in [1.165, 1.54) is 0 Å². The van der Waals surface area contributed by atoms with Crippen molar-refractivity contribution in [1.82, 2.24) is 20.1 Å². The number of methoxy groups -OCH3 is 1. The largest absolute Gasteiger partial charge is 0.497 e. The van der Waals surface area contributed by atoms with Crippen LogP contribution in [0.25, 0.3) is 11.3 Å². The van der Waals surface area contributed by atoms with Gasteiger partial charge in [-0.1, -0.05) is 48.0 Å². The fourth-order valence-electron chi connectivity index (χ4n) is 4.89. The van der Waals surface area contributed by atoms with Crippen molar-refractivity contribution in [3.05, 3.63) is 130 Å². The molecule has 0 spiro atoms. The highest BCUT2D eigenvalue weighted by Crippen LogP contribution is 2.44. The third-order valence-electron chi connectivity index (χ3n) is 6.85. The highest BCUT2D eigenvalue weighted by Gasteiger charge is 2.42. The van der Waals surface area contributed by atoms with Crippen LogP contribution in [-0.2, 0) is 13.2 Å². The van der Waals surface area contributed by atoms with Crippen molar-refractivity contribution >= 4 is 17.5 Å². The molecule has 8 heteroatoms. The summed E-state index contributed by atoms with van der Waals surface area (Å²) < 4.78 is 11.3. The lowest BCUT2D eigenvalue weighted by atomic mass is 9.96. The summed E-state index contributed by atoms with van der Waals surface area (Å²) in [5, 5.41) is 8.24. The van der Waals surface area contributed by atoms with E-state index < -0.39 is 0 Å². The zero-order valence-electron chi connectivity index (χ0n) is 21.2. The first-order chi connectivity index (χ1) is 19.1. The number of rotatable bonds is 8. The smallest absolute Gasteiger partial charge is 0.273 e. The molecule has 3 aromatic carbocycles. The molecule has 0 saturated carbocycles. The zero-order valence-corrected chi connectivity index (χ0v) is 21.9. The number of aromatic nitrogens is 3. The van der Waals surface area contributed by atoms with Crippen LogP contribution in [0.2, 0.25) is 5.02 Å². The molecule has 3 heterocycles. The number of pyridine rings is 1. The summed E-state index contributed by atoms with van der Waals surface area (Å²) in [5.41, 5.74) is 5.78. The number of benzene rings is 3. The molecule has 0 bridgehead atoms. The van der Waals surface area contributed by atoms with Gasteiger partial charge in [-0.05, 0) is 59.7 Å². The van der Waals surface area contributed by atoms with Crippen LogP contribution in [0.3, 0.4) is 0 Å². The second kappa shape index (κ2) is 10.6. The van der Waals surface area contributed by atoms with Crippen LogP contribution in [-0.4, -0.2) is 33.1 Å². The molecule has 0 saturated heterocycles. The fraction of sp³-hybridized carbons (Fsp3) is 0.129. The normalized spacial score (nSPS) is 14.4. The number of H-pyrrole nitrogens is 1. The molecular formula is C31H25ClN4O3. The first-order valence-corrected chi connectivity index (χ1v) is 12.9. The van der Waals surface area contributed by atoms with Crippen molar-refractivity contribution in [2.24, 2.45) is 0 Å². The van der Waals surface area contributed by atoms with Crippen LogP contribution in [0.4, 0.5) is 0 Å². The van der Waals surface area contributed by atoms with E-state index in [4.69, 9.17) is 21.1 Å². The minimum absolute atomic E-state index is 0.106. The Morgan fingerprint density at radius 1 is 0.949 bits per heavy atom. The highest BCUT2D eigenvalue weighted by molar-refractivity contribution is 6.31. The van der Waals surface area contributed by atoms with Gasteiger partial charge in [0.05, 0.1) is 18.8 Å². The van der Waals surface area contributed by atoms with Crippen molar-refractivity contribution < 1.29 is 14.3 Å². The van der Waals surface area contributed by atoms with Gasteiger partial charge in [0.2, 0.25) is 0 Å². The van der Waals surface area contributed by atoms with E-state index in [-0.39, 0.29) is 11.9 Å². The predicted octanol–water partition coefficient (Wildman–Crippen LogP) is 6.46. The Bertz CT molecular complexity index is 1600. The van der Waals surface area contributed by atoms with Crippen molar-refractivity contribution in [2.75, 3.05) is 7.11 Å². The number of ether oxygens (including phenoxy) is 2. The second-order valence-corrected chi connectivity index (χ2v) is 9.64. The molecule has 0 radical (unpaired) electrons. The molecule has 1 aliphatic heterocycles. The molecule has 0 aliphatic carbocycles. The molecule has 2 aromatic heterocycles. The van der Waals surface area contributed by atoms with Crippen LogP contribution >= 0.6 is 11.6 Å². The van der Waals surface area contributed by atoms with E-state index in [9.17, 15) is 4.79 Å². The van der Waals surface area contributed by atoms with E-state index in [1.54, 1.807) is 19.5 Å². The zero-order chi connectivity index (χ0) is 26.8. The van der Waals surface area contributed by atoms with Gasteiger partial charge in [-0.15, -0.1) is 0 Å². The Kier molecular flexibility index (Phi) is 6.73. The van der Waals surface area contributed by atoms with Crippen LogP contribution < -0.4 is 9.47 Å². The average molecular weight is 537 g/mol. The topological polar surface area (TPSA) is 80.3 Å². The monoisotopic (exact) mass is 536 g/mol. The molecule has 0 fully saturated rings. The number of hydrogen-bond acceptors (Lipinski definition) is 5. The summed E-state index contributed by atoms with van der Waals surface area (Å²) in [6.07, 6.45) is 3.51. The summed E-state index contributed by atoms with van der Waals surface area (Å²) in [5.74, 6) is 1.36. The minimum Gasteiger partial charge on any atom is -0.497 e. The molecule has 194 valence electrons.